The number of carbonyl (C=O) groups excluding carboxylic acids is 4. The molecular weight excluding hydrogens is 508 g/mol. The van der Waals surface area contributed by atoms with Crippen LogP contribution in [0.5, 0.6) is 0 Å². The van der Waals surface area contributed by atoms with Crippen molar-refractivity contribution in [2.45, 2.75) is 65.1 Å². The summed E-state index contributed by atoms with van der Waals surface area (Å²) in [6.07, 6.45) is 1.29. The van der Waals surface area contributed by atoms with Gasteiger partial charge >= 0.3 is 0 Å². The zero-order valence-corrected chi connectivity index (χ0v) is 23.5. The lowest BCUT2D eigenvalue weighted by atomic mass is 9.96. The van der Waals surface area contributed by atoms with Gasteiger partial charge in [-0.05, 0) is 54.6 Å². The third-order valence-electron chi connectivity index (χ3n) is 9.00. The maximum Gasteiger partial charge on any atom is 0.268 e. The number of piperidine rings is 1. The van der Waals surface area contributed by atoms with Gasteiger partial charge in [0.05, 0.1) is 6.07 Å². The number of nitrogens with zero attached hydrogens (tertiary/aromatic N) is 2. The maximum atomic E-state index is 14.0. The highest BCUT2D eigenvalue weighted by Gasteiger charge is 2.69. The van der Waals surface area contributed by atoms with Crippen LogP contribution < -0.4 is 16.0 Å². The zero-order chi connectivity index (χ0) is 28.8. The molecule has 212 valence electrons. The standard InChI is InChI=1S/C30H38N6O4/c1-16(2)11-23(35-27(38)22-13-17-7-5-6-8-21(17)34-22)29(40)36-15-20-24(30(20,3)4)25(36)28(39)33-19(14-31)12-18-9-10-32-26(18)37/h5-8,13,16,18-20,23-25,34H,9-12,15H2,1-4H3,(H,32,37)(H,33,39)(H,35,38)/t18-,19-,20-,23-,24-,25-/m0/s1. The Morgan fingerprint density at radius 2 is 1.95 bits per heavy atom. The van der Waals surface area contributed by atoms with Crippen molar-refractivity contribution in [2.24, 2.45) is 29.1 Å². The summed E-state index contributed by atoms with van der Waals surface area (Å²) in [5, 5.41) is 19.2. The first-order valence-electron chi connectivity index (χ1n) is 14.2. The van der Waals surface area contributed by atoms with E-state index in [2.05, 4.69) is 40.9 Å². The first-order chi connectivity index (χ1) is 19.0. The van der Waals surface area contributed by atoms with Crippen LogP contribution in [0.3, 0.4) is 0 Å². The highest BCUT2D eigenvalue weighted by molar-refractivity contribution is 6.01. The normalized spacial score (nSPS) is 26.1. The Labute approximate surface area is 234 Å². The predicted molar refractivity (Wildman–Crippen MR) is 149 cm³/mol. The van der Waals surface area contributed by atoms with Gasteiger partial charge in [0.2, 0.25) is 17.7 Å². The zero-order valence-electron chi connectivity index (χ0n) is 23.5. The Bertz CT molecular complexity index is 1340. The number of H-pyrrole nitrogens is 1. The van der Waals surface area contributed by atoms with Gasteiger partial charge in [-0.15, -0.1) is 0 Å². The van der Waals surface area contributed by atoms with E-state index in [1.165, 1.54) is 0 Å². The van der Waals surface area contributed by atoms with Crippen molar-refractivity contribution in [3.05, 3.63) is 36.0 Å². The average Bonchev–Trinajstić information content (AvgIpc) is 3.42. The molecule has 0 spiro atoms. The number of benzene rings is 1. The van der Waals surface area contributed by atoms with E-state index >= 15 is 0 Å². The Morgan fingerprint density at radius 1 is 1.20 bits per heavy atom. The molecule has 40 heavy (non-hydrogen) atoms. The minimum atomic E-state index is -0.826. The van der Waals surface area contributed by atoms with Crippen LogP contribution in [0.1, 0.15) is 57.4 Å². The summed E-state index contributed by atoms with van der Waals surface area (Å²) >= 11 is 0. The maximum absolute atomic E-state index is 14.0. The van der Waals surface area contributed by atoms with Crippen molar-refractivity contribution >= 4 is 34.5 Å². The van der Waals surface area contributed by atoms with Crippen LogP contribution in [0, 0.1) is 40.4 Å². The summed E-state index contributed by atoms with van der Waals surface area (Å²) in [7, 11) is 0. The van der Waals surface area contributed by atoms with E-state index in [4.69, 9.17) is 0 Å². The first-order valence-corrected chi connectivity index (χ1v) is 14.2. The third-order valence-corrected chi connectivity index (χ3v) is 9.00. The minimum absolute atomic E-state index is 0.0327. The molecule has 3 aliphatic rings. The van der Waals surface area contributed by atoms with Crippen molar-refractivity contribution in [3.63, 3.8) is 0 Å². The van der Waals surface area contributed by atoms with Gasteiger partial charge in [0.15, 0.2) is 0 Å². The van der Waals surface area contributed by atoms with Crippen LogP contribution in [0.15, 0.2) is 30.3 Å². The lowest BCUT2D eigenvalue weighted by Crippen LogP contribution is -2.57. The van der Waals surface area contributed by atoms with Gasteiger partial charge in [-0.1, -0.05) is 45.9 Å². The second-order valence-corrected chi connectivity index (χ2v) is 12.5. The van der Waals surface area contributed by atoms with E-state index in [0.29, 0.717) is 31.6 Å². The molecular formula is C30H38N6O4. The number of para-hydroxylation sites is 1. The highest BCUT2D eigenvalue weighted by atomic mass is 16.2. The van der Waals surface area contributed by atoms with Crippen molar-refractivity contribution in [3.8, 4) is 6.07 Å². The molecule has 2 saturated heterocycles. The Hall–Kier alpha value is -3.87. The fourth-order valence-corrected chi connectivity index (χ4v) is 6.69. The number of nitriles is 1. The van der Waals surface area contributed by atoms with Crippen molar-refractivity contribution in [1.29, 1.82) is 5.26 Å². The molecule has 10 nitrogen and oxygen atoms in total. The summed E-state index contributed by atoms with van der Waals surface area (Å²) in [5.74, 6) is -1.19. The van der Waals surface area contributed by atoms with Gasteiger partial charge in [0.1, 0.15) is 23.8 Å². The number of hydrogen-bond donors (Lipinski definition) is 4. The number of carbonyl (C=O) groups is 4. The summed E-state index contributed by atoms with van der Waals surface area (Å²) in [4.78, 5) is 57.6. The van der Waals surface area contributed by atoms with E-state index in [9.17, 15) is 24.4 Å². The fourth-order valence-electron chi connectivity index (χ4n) is 6.69. The van der Waals surface area contributed by atoms with Gasteiger partial charge in [0, 0.05) is 29.9 Å². The number of hydrogen-bond acceptors (Lipinski definition) is 5. The largest absolute Gasteiger partial charge is 0.356 e. The number of nitrogens with one attached hydrogen (secondary N) is 4. The number of amides is 4. The second kappa shape index (κ2) is 10.6. The van der Waals surface area contributed by atoms with Crippen LogP contribution in [0.2, 0.25) is 0 Å². The average molecular weight is 547 g/mol. The quantitative estimate of drug-likeness (QED) is 0.381. The third kappa shape index (κ3) is 5.17. The van der Waals surface area contributed by atoms with Gasteiger partial charge in [-0.2, -0.15) is 5.26 Å². The molecule has 1 aromatic heterocycles. The van der Waals surface area contributed by atoms with Gasteiger partial charge in [0.25, 0.3) is 5.91 Å². The molecule has 0 bridgehead atoms. The lowest BCUT2D eigenvalue weighted by Gasteiger charge is -2.34. The molecule has 10 heteroatoms. The molecule has 2 aliphatic heterocycles. The monoisotopic (exact) mass is 546 g/mol. The molecule has 4 amide bonds. The number of fused-ring (bicyclic) bond motifs is 2. The molecule has 5 rings (SSSR count). The molecule has 0 radical (unpaired) electrons. The van der Waals surface area contributed by atoms with Crippen LogP contribution >= 0.6 is 0 Å². The first kappa shape index (κ1) is 27.7. The van der Waals surface area contributed by atoms with Gasteiger partial charge < -0.3 is 25.8 Å². The van der Waals surface area contributed by atoms with Crippen molar-refractivity contribution in [1.82, 2.24) is 25.8 Å². The second-order valence-electron chi connectivity index (χ2n) is 12.5. The topological polar surface area (TPSA) is 147 Å². The van der Waals surface area contributed by atoms with E-state index in [-0.39, 0.29) is 59.1 Å². The number of aromatic nitrogens is 1. The molecule has 1 saturated carbocycles. The van der Waals surface area contributed by atoms with Gasteiger partial charge in [-0.3, -0.25) is 19.2 Å². The summed E-state index contributed by atoms with van der Waals surface area (Å²) < 4.78 is 0. The minimum Gasteiger partial charge on any atom is -0.356 e. The van der Waals surface area contributed by atoms with E-state index in [1.54, 1.807) is 11.0 Å². The summed E-state index contributed by atoms with van der Waals surface area (Å²) in [5.41, 5.74) is 1.10. The molecule has 1 aliphatic carbocycles. The summed E-state index contributed by atoms with van der Waals surface area (Å²) in [6.45, 7) is 9.16. The van der Waals surface area contributed by atoms with Crippen LogP contribution in [0.4, 0.5) is 0 Å². The molecule has 2 aromatic rings. The fraction of sp³-hybridized carbons (Fsp3) is 0.567. The van der Waals surface area contributed by atoms with Crippen LogP contribution in [0.25, 0.3) is 10.9 Å². The Kier molecular flexibility index (Phi) is 7.34. The molecule has 3 heterocycles. The predicted octanol–water partition coefficient (Wildman–Crippen LogP) is 2.33. The van der Waals surface area contributed by atoms with Crippen molar-refractivity contribution in [2.75, 3.05) is 13.1 Å². The van der Waals surface area contributed by atoms with Gasteiger partial charge in [-0.25, -0.2) is 0 Å². The Balaban J connectivity index is 1.33. The van der Waals surface area contributed by atoms with Crippen LogP contribution in [-0.2, 0) is 14.4 Å². The molecule has 3 fully saturated rings. The lowest BCUT2D eigenvalue weighted by molar-refractivity contribution is -0.142. The smallest absolute Gasteiger partial charge is 0.268 e. The highest BCUT2D eigenvalue weighted by Crippen LogP contribution is 2.65. The molecule has 0 unspecified atom stereocenters. The van der Waals surface area contributed by atoms with E-state index in [1.807, 2.05) is 38.1 Å². The summed E-state index contributed by atoms with van der Waals surface area (Å²) in [6, 6.07) is 9.10. The Morgan fingerprint density at radius 3 is 2.60 bits per heavy atom. The SMILES string of the molecule is CC(C)C[C@H](NC(=O)c1cc2ccccc2[nH]1)C(=O)N1C[C@H]2[C@@H]([C@H]1C(=O)N[C@H](C#N)C[C@@H]1CCNC1=O)C2(C)C. The van der Waals surface area contributed by atoms with Crippen LogP contribution in [-0.4, -0.2) is 64.7 Å². The number of rotatable bonds is 9. The van der Waals surface area contributed by atoms with Crippen molar-refractivity contribution < 1.29 is 19.2 Å². The number of aromatic amines is 1. The van der Waals surface area contributed by atoms with E-state index in [0.717, 1.165) is 10.9 Å². The number of likely N-dealkylation sites (tertiary alicyclic amines) is 1. The molecule has 4 N–H and O–H groups in total. The molecule has 6 atom stereocenters. The van der Waals surface area contributed by atoms with E-state index < -0.39 is 18.1 Å². The molecule has 1 aromatic carbocycles.